The van der Waals surface area contributed by atoms with E-state index in [4.69, 9.17) is 0 Å². The van der Waals surface area contributed by atoms with Crippen LogP contribution in [0.15, 0.2) is 30.7 Å². The van der Waals surface area contributed by atoms with Crippen LogP contribution in [0.2, 0.25) is 0 Å². The molecule has 2 aromatic heterocycles. The first-order valence-electron chi connectivity index (χ1n) is 7.23. The van der Waals surface area contributed by atoms with Crippen LogP contribution < -0.4 is 4.90 Å². The van der Waals surface area contributed by atoms with Crippen molar-refractivity contribution in [3.63, 3.8) is 0 Å². The number of pyridine rings is 1. The van der Waals surface area contributed by atoms with Crippen LogP contribution in [0, 0.1) is 6.92 Å². The van der Waals surface area contributed by atoms with Gasteiger partial charge >= 0.3 is 5.97 Å². The van der Waals surface area contributed by atoms with Crippen LogP contribution in [0.1, 0.15) is 27.7 Å². The second kappa shape index (κ2) is 7.03. The molecule has 0 saturated heterocycles. The molecule has 1 atom stereocenters. The fourth-order valence-corrected chi connectivity index (χ4v) is 2.26. The molecule has 0 saturated carbocycles. The maximum absolute atomic E-state index is 12.7. The summed E-state index contributed by atoms with van der Waals surface area (Å²) >= 11 is 0. The third-order valence-electron chi connectivity index (χ3n) is 3.54. The van der Waals surface area contributed by atoms with Crippen LogP contribution >= 0.6 is 0 Å². The lowest BCUT2D eigenvalue weighted by molar-refractivity contribution is -0.142. The van der Waals surface area contributed by atoms with Crippen molar-refractivity contribution >= 4 is 17.8 Å². The number of likely N-dealkylation sites (N-methyl/N-ethyl adjacent to an activating group) is 1. The first kappa shape index (κ1) is 17.3. The van der Waals surface area contributed by atoms with E-state index in [-0.39, 0.29) is 5.56 Å². The Hall–Kier alpha value is -3.03. The summed E-state index contributed by atoms with van der Waals surface area (Å²) in [5, 5.41) is 9.52. The molecule has 8 heteroatoms. The fraction of sp³-hybridized carbons (Fsp3) is 0.312. The number of hydrogen-bond acceptors (Lipinski definition) is 6. The highest BCUT2D eigenvalue weighted by Crippen LogP contribution is 2.22. The number of amides is 1. The van der Waals surface area contributed by atoms with Gasteiger partial charge in [0.2, 0.25) is 5.95 Å². The maximum Gasteiger partial charge on any atom is 0.331 e. The highest BCUT2D eigenvalue weighted by atomic mass is 16.4. The normalized spacial score (nSPS) is 11.7. The molecule has 1 unspecified atom stereocenters. The van der Waals surface area contributed by atoms with Gasteiger partial charge in [0.25, 0.3) is 5.91 Å². The molecule has 0 aromatic carbocycles. The highest BCUT2D eigenvalue weighted by Gasteiger charge is 2.30. The summed E-state index contributed by atoms with van der Waals surface area (Å²) in [6.07, 6.45) is 4.39. The Morgan fingerprint density at radius 1 is 1.21 bits per heavy atom. The summed E-state index contributed by atoms with van der Waals surface area (Å²) in [6, 6.07) is 2.11. The van der Waals surface area contributed by atoms with Crippen molar-refractivity contribution < 1.29 is 14.7 Å². The van der Waals surface area contributed by atoms with E-state index in [1.54, 1.807) is 44.2 Å². The number of carboxylic acids is 1. The summed E-state index contributed by atoms with van der Waals surface area (Å²) in [5.41, 5.74) is 1.17. The predicted octanol–water partition coefficient (Wildman–Crippen LogP) is 1.14. The molecule has 2 rings (SSSR count). The maximum atomic E-state index is 12.7. The van der Waals surface area contributed by atoms with Gasteiger partial charge in [0.1, 0.15) is 0 Å². The van der Waals surface area contributed by atoms with Crippen molar-refractivity contribution in [2.45, 2.75) is 13.0 Å². The fourth-order valence-electron chi connectivity index (χ4n) is 2.26. The molecule has 0 aliphatic heterocycles. The van der Waals surface area contributed by atoms with Gasteiger partial charge in [0.05, 0.1) is 11.3 Å². The zero-order valence-corrected chi connectivity index (χ0v) is 14.0. The Morgan fingerprint density at radius 3 is 2.42 bits per heavy atom. The zero-order valence-electron chi connectivity index (χ0n) is 14.0. The summed E-state index contributed by atoms with van der Waals surface area (Å²) in [6.45, 7) is 1.69. The van der Waals surface area contributed by atoms with E-state index in [0.717, 1.165) is 4.90 Å². The molecule has 0 fully saturated rings. The number of hydrogen-bond donors (Lipinski definition) is 1. The first-order valence-corrected chi connectivity index (χ1v) is 7.23. The van der Waals surface area contributed by atoms with Crippen LogP contribution in [0.4, 0.5) is 5.95 Å². The van der Waals surface area contributed by atoms with E-state index >= 15 is 0 Å². The molecule has 126 valence electrons. The molecule has 24 heavy (non-hydrogen) atoms. The Balaban J connectivity index is 2.35. The number of aliphatic carboxylic acids is 1. The van der Waals surface area contributed by atoms with Crippen LogP contribution in [0.5, 0.6) is 0 Å². The highest BCUT2D eigenvalue weighted by molar-refractivity contribution is 5.97. The van der Waals surface area contributed by atoms with Crippen LogP contribution in [-0.2, 0) is 4.79 Å². The van der Waals surface area contributed by atoms with Gasteiger partial charge < -0.3 is 14.9 Å². The number of anilines is 1. The Bertz CT molecular complexity index is 749. The second-order valence-electron chi connectivity index (χ2n) is 5.51. The smallest absolute Gasteiger partial charge is 0.331 e. The molecule has 0 aliphatic carbocycles. The molecule has 0 spiro atoms. The largest absolute Gasteiger partial charge is 0.479 e. The minimum absolute atomic E-state index is 0.262. The van der Waals surface area contributed by atoms with Crippen LogP contribution in [0.3, 0.4) is 0 Å². The van der Waals surface area contributed by atoms with Gasteiger partial charge in [-0.05, 0) is 13.0 Å². The SMILES string of the molecule is Cc1nc(N(C)C)ncc1C(=O)N(C)C(C(=O)O)c1cccnc1. The number of aromatic nitrogens is 3. The van der Waals surface area contributed by atoms with E-state index in [9.17, 15) is 14.7 Å². The van der Waals surface area contributed by atoms with Crippen molar-refractivity contribution in [3.05, 3.63) is 47.5 Å². The molecule has 0 aliphatic rings. The Kier molecular flexibility index (Phi) is 5.08. The predicted molar refractivity (Wildman–Crippen MR) is 87.8 cm³/mol. The molecular formula is C16H19N5O3. The Morgan fingerprint density at radius 2 is 1.92 bits per heavy atom. The molecule has 8 nitrogen and oxygen atoms in total. The monoisotopic (exact) mass is 329 g/mol. The van der Waals surface area contributed by atoms with Crippen molar-refractivity contribution in [1.82, 2.24) is 19.9 Å². The summed E-state index contributed by atoms with van der Waals surface area (Å²) in [5.74, 6) is -1.12. The minimum Gasteiger partial charge on any atom is -0.479 e. The molecule has 0 radical (unpaired) electrons. The lowest BCUT2D eigenvalue weighted by Crippen LogP contribution is -2.36. The van der Waals surface area contributed by atoms with Crippen molar-refractivity contribution in [1.29, 1.82) is 0 Å². The van der Waals surface area contributed by atoms with E-state index < -0.39 is 17.9 Å². The minimum atomic E-state index is -1.14. The molecule has 1 amide bonds. The van der Waals surface area contributed by atoms with E-state index in [1.165, 1.54) is 19.4 Å². The third-order valence-corrected chi connectivity index (χ3v) is 3.54. The molecule has 2 heterocycles. The first-order chi connectivity index (χ1) is 11.3. The Labute approximate surface area is 139 Å². The number of carbonyl (C=O) groups is 2. The van der Waals surface area contributed by atoms with Crippen molar-refractivity contribution in [3.8, 4) is 0 Å². The molecular weight excluding hydrogens is 310 g/mol. The molecule has 1 N–H and O–H groups in total. The van der Waals surface area contributed by atoms with Crippen molar-refractivity contribution in [2.75, 3.05) is 26.0 Å². The van der Waals surface area contributed by atoms with E-state index in [0.29, 0.717) is 17.2 Å². The average Bonchev–Trinajstić information content (AvgIpc) is 2.54. The van der Waals surface area contributed by atoms with Gasteiger partial charge in [0, 0.05) is 45.3 Å². The van der Waals surface area contributed by atoms with Gasteiger partial charge in [-0.3, -0.25) is 9.78 Å². The topological polar surface area (TPSA) is 99.5 Å². The van der Waals surface area contributed by atoms with Gasteiger partial charge in [-0.2, -0.15) is 0 Å². The summed E-state index contributed by atoms with van der Waals surface area (Å²) in [7, 11) is 5.03. The zero-order chi connectivity index (χ0) is 17.9. The summed E-state index contributed by atoms with van der Waals surface area (Å²) < 4.78 is 0. The van der Waals surface area contributed by atoms with E-state index in [2.05, 4.69) is 15.0 Å². The molecule has 2 aromatic rings. The second-order valence-corrected chi connectivity index (χ2v) is 5.51. The van der Waals surface area contributed by atoms with E-state index in [1.807, 2.05) is 0 Å². The van der Waals surface area contributed by atoms with Gasteiger partial charge in [-0.1, -0.05) is 6.07 Å². The number of carbonyl (C=O) groups excluding carboxylic acids is 1. The number of rotatable bonds is 5. The number of aryl methyl sites for hydroxylation is 1. The lowest BCUT2D eigenvalue weighted by atomic mass is 10.1. The quantitative estimate of drug-likeness (QED) is 0.878. The lowest BCUT2D eigenvalue weighted by Gasteiger charge is -2.25. The van der Waals surface area contributed by atoms with Gasteiger partial charge in [-0.15, -0.1) is 0 Å². The number of nitrogens with zero attached hydrogens (tertiary/aromatic N) is 5. The van der Waals surface area contributed by atoms with Gasteiger partial charge in [-0.25, -0.2) is 14.8 Å². The third kappa shape index (κ3) is 3.48. The standard InChI is InChI=1S/C16H19N5O3/c1-10-12(9-18-16(19-10)20(2)3)14(22)21(4)13(15(23)24)11-6-5-7-17-8-11/h5-9,13H,1-4H3,(H,23,24). The number of carboxylic acid groups (broad SMARTS) is 1. The molecule has 0 bridgehead atoms. The summed E-state index contributed by atoms with van der Waals surface area (Å²) in [4.78, 5) is 39.5. The van der Waals surface area contributed by atoms with Crippen LogP contribution in [-0.4, -0.2) is 58.0 Å². The van der Waals surface area contributed by atoms with Gasteiger partial charge in [0.15, 0.2) is 6.04 Å². The van der Waals surface area contributed by atoms with Crippen molar-refractivity contribution in [2.24, 2.45) is 0 Å². The average molecular weight is 329 g/mol. The van der Waals surface area contributed by atoms with Crippen LogP contribution in [0.25, 0.3) is 0 Å².